The minimum atomic E-state index is 0.204. The molecule has 2 aromatic rings. The van der Waals surface area contributed by atoms with Gasteiger partial charge in [0.1, 0.15) is 0 Å². The molecule has 1 saturated heterocycles. The van der Waals surface area contributed by atoms with Crippen molar-refractivity contribution < 1.29 is 9.26 Å². The Bertz CT molecular complexity index is 631. The summed E-state index contributed by atoms with van der Waals surface area (Å²) in [6.45, 7) is 10.3. The smallest absolute Gasteiger partial charge is 0.240 e. The number of hydrogen-bond acceptors (Lipinski definition) is 6. The molecule has 1 aliphatic heterocycles. The van der Waals surface area contributed by atoms with Crippen LogP contribution in [0.4, 0.5) is 0 Å². The van der Waals surface area contributed by atoms with Gasteiger partial charge in [-0.05, 0) is 25.5 Å². The van der Waals surface area contributed by atoms with Crippen LogP contribution in [0.1, 0.15) is 30.6 Å². The summed E-state index contributed by atoms with van der Waals surface area (Å²) in [5.41, 5.74) is 1.36. The van der Waals surface area contributed by atoms with Crippen molar-refractivity contribution in [1.29, 1.82) is 0 Å². The third kappa shape index (κ3) is 5.63. The first-order valence-electron chi connectivity index (χ1n) is 9.12. The van der Waals surface area contributed by atoms with Gasteiger partial charge in [-0.25, -0.2) is 0 Å². The van der Waals surface area contributed by atoms with Crippen LogP contribution in [0, 0.1) is 6.92 Å². The first-order chi connectivity index (χ1) is 12.2. The molecular weight excluding hydrogens is 316 g/mol. The van der Waals surface area contributed by atoms with E-state index in [1.807, 2.05) is 6.92 Å². The van der Waals surface area contributed by atoms with Crippen molar-refractivity contribution in [3.05, 3.63) is 47.6 Å². The molecule has 0 amide bonds. The molecule has 1 atom stereocenters. The maximum Gasteiger partial charge on any atom is 0.240 e. The number of ether oxygens (including phenoxy) is 1. The molecule has 0 bridgehead atoms. The Kier molecular flexibility index (Phi) is 6.55. The second-order valence-electron chi connectivity index (χ2n) is 6.63. The van der Waals surface area contributed by atoms with E-state index in [1.54, 1.807) is 0 Å². The van der Waals surface area contributed by atoms with Gasteiger partial charge in [-0.2, -0.15) is 4.98 Å². The second-order valence-corrected chi connectivity index (χ2v) is 6.63. The van der Waals surface area contributed by atoms with E-state index in [4.69, 9.17) is 9.26 Å². The molecule has 0 aliphatic carbocycles. The maximum atomic E-state index is 6.10. The van der Waals surface area contributed by atoms with Gasteiger partial charge in [0.2, 0.25) is 5.89 Å². The van der Waals surface area contributed by atoms with Crippen molar-refractivity contribution in [2.24, 2.45) is 0 Å². The van der Waals surface area contributed by atoms with Gasteiger partial charge in [-0.3, -0.25) is 9.80 Å². The van der Waals surface area contributed by atoms with Crippen LogP contribution < -0.4 is 0 Å². The molecular formula is C19H28N4O2. The van der Waals surface area contributed by atoms with Crippen LogP contribution in [0.2, 0.25) is 0 Å². The van der Waals surface area contributed by atoms with Crippen molar-refractivity contribution in [3.8, 4) is 0 Å². The fraction of sp³-hybridized carbons (Fsp3) is 0.579. The van der Waals surface area contributed by atoms with Gasteiger partial charge in [-0.15, -0.1) is 0 Å². The third-order valence-electron chi connectivity index (χ3n) is 4.52. The zero-order valence-electron chi connectivity index (χ0n) is 15.2. The number of nitrogens with zero attached hydrogens (tertiary/aromatic N) is 4. The van der Waals surface area contributed by atoms with Crippen LogP contribution in [0.3, 0.4) is 0 Å². The van der Waals surface area contributed by atoms with E-state index < -0.39 is 0 Å². The zero-order valence-corrected chi connectivity index (χ0v) is 15.2. The van der Waals surface area contributed by atoms with E-state index in [-0.39, 0.29) is 6.10 Å². The Morgan fingerprint density at radius 3 is 2.84 bits per heavy atom. The topological polar surface area (TPSA) is 54.6 Å². The Morgan fingerprint density at radius 1 is 1.28 bits per heavy atom. The molecule has 0 saturated carbocycles. The molecule has 6 nitrogen and oxygen atoms in total. The van der Waals surface area contributed by atoms with Crippen molar-refractivity contribution in [2.75, 3.05) is 32.8 Å². The van der Waals surface area contributed by atoms with Gasteiger partial charge < -0.3 is 9.26 Å². The van der Waals surface area contributed by atoms with Gasteiger partial charge in [0, 0.05) is 32.8 Å². The number of rotatable bonds is 7. The predicted molar refractivity (Wildman–Crippen MR) is 96.1 cm³/mol. The standard InChI is InChI=1S/C19H28N4O2/c1-3-22(15-19-20-16(2)21-25-19)13-18-14-23(10-7-11-24-18)12-17-8-5-4-6-9-17/h4-6,8-9,18H,3,7,10-15H2,1-2H3/t18-/m0/s1. The molecule has 1 fully saturated rings. The maximum absolute atomic E-state index is 6.10. The highest BCUT2D eigenvalue weighted by Gasteiger charge is 2.22. The van der Waals surface area contributed by atoms with E-state index in [9.17, 15) is 0 Å². The fourth-order valence-electron chi connectivity index (χ4n) is 3.25. The molecule has 1 aromatic carbocycles. The highest BCUT2D eigenvalue weighted by atomic mass is 16.5. The van der Waals surface area contributed by atoms with Crippen molar-refractivity contribution >= 4 is 0 Å². The average molecular weight is 344 g/mol. The van der Waals surface area contributed by atoms with Crippen LogP contribution in [-0.2, 0) is 17.8 Å². The van der Waals surface area contributed by atoms with Gasteiger partial charge in [-0.1, -0.05) is 42.4 Å². The molecule has 1 aliphatic rings. The van der Waals surface area contributed by atoms with Gasteiger partial charge >= 0.3 is 0 Å². The molecule has 0 unspecified atom stereocenters. The monoisotopic (exact) mass is 344 g/mol. The molecule has 0 radical (unpaired) electrons. The van der Waals surface area contributed by atoms with Gasteiger partial charge in [0.15, 0.2) is 5.82 Å². The second kappa shape index (κ2) is 9.08. The molecule has 25 heavy (non-hydrogen) atoms. The Labute approximate surface area is 149 Å². The first kappa shape index (κ1) is 18.0. The number of hydrogen-bond donors (Lipinski definition) is 0. The average Bonchev–Trinajstić information content (AvgIpc) is 2.90. The lowest BCUT2D eigenvalue weighted by atomic mass is 10.2. The highest BCUT2D eigenvalue weighted by molar-refractivity contribution is 5.14. The molecule has 136 valence electrons. The van der Waals surface area contributed by atoms with E-state index in [0.29, 0.717) is 18.3 Å². The van der Waals surface area contributed by atoms with Crippen molar-refractivity contribution in [3.63, 3.8) is 0 Å². The number of aromatic nitrogens is 2. The largest absolute Gasteiger partial charge is 0.376 e. The van der Waals surface area contributed by atoms with Gasteiger partial charge in [0.05, 0.1) is 12.6 Å². The Balaban J connectivity index is 1.56. The summed E-state index contributed by atoms with van der Waals surface area (Å²) in [7, 11) is 0. The highest BCUT2D eigenvalue weighted by Crippen LogP contribution is 2.13. The quantitative estimate of drug-likeness (QED) is 0.769. The minimum absolute atomic E-state index is 0.204. The molecule has 0 spiro atoms. The Hall–Kier alpha value is -1.76. The summed E-state index contributed by atoms with van der Waals surface area (Å²) in [5.74, 6) is 1.36. The molecule has 3 rings (SSSR count). The summed E-state index contributed by atoms with van der Waals surface area (Å²) in [4.78, 5) is 9.12. The lowest BCUT2D eigenvalue weighted by molar-refractivity contribution is 0.0230. The lowest BCUT2D eigenvalue weighted by Gasteiger charge is -2.28. The molecule has 0 N–H and O–H groups in total. The van der Waals surface area contributed by atoms with Crippen molar-refractivity contribution in [1.82, 2.24) is 19.9 Å². The predicted octanol–water partition coefficient (Wildman–Crippen LogP) is 2.49. The summed E-state index contributed by atoms with van der Waals surface area (Å²) in [6, 6.07) is 10.7. The van der Waals surface area contributed by atoms with E-state index in [2.05, 4.69) is 57.2 Å². The van der Waals surface area contributed by atoms with Crippen molar-refractivity contribution in [2.45, 2.75) is 39.5 Å². The van der Waals surface area contributed by atoms with E-state index in [1.165, 1.54) is 5.56 Å². The van der Waals surface area contributed by atoms with Crippen LogP contribution in [-0.4, -0.2) is 58.8 Å². The summed E-state index contributed by atoms with van der Waals surface area (Å²) in [5, 5.41) is 3.87. The molecule has 6 heteroatoms. The minimum Gasteiger partial charge on any atom is -0.376 e. The molecule has 2 heterocycles. The summed E-state index contributed by atoms with van der Waals surface area (Å²) < 4.78 is 11.4. The zero-order chi connectivity index (χ0) is 17.5. The SMILES string of the molecule is CCN(Cc1nc(C)no1)C[C@H]1CN(Cc2ccccc2)CCCO1. The van der Waals surface area contributed by atoms with Crippen LogP contribution in [0.15, 0.2) is 34.9 Å². The lowest BCUT2D eigenvalue weighted by Crippen LogP contribution is -2.40. The van der Waals surface area contributed by atoms with E-state index >= 15 is 0 Å². The normalized spacial score (nSPS) is 19.2. The summed E-state index contributed by atoms with van der Waals surface area (Å²) in [6.07, 6.45) is 1.29. The number of aryl methyl sites for hydroxylation is 1. The number of benzene rings is 1. The third-order valence-corrected chi connectivity index (χ3v) is 4.52. The van der Waals surface area contributed by atoms with Crippen LogP contribution in [0.5, 0.6) is 0 Å². The Morgan fingerprint density at radius 2 is 2.12 bits per heavy atom. The summed E-state index contributed by atoms with van der Waals surface area (Å²) >= 11 is 0. The molecule has 1 aromatic heterocycles. The van der Waals surface area contributed by atoms with E-state index in [0.717, 1.165) is 45.8 Å². The van der Waals surface area contributed by atoms with Gasteiger partial charge in [0.25, 0.3) is 0 Å². The number of likely N-dealkylation sites (N-methyl/N-ethyl adjacent to an activating group) is 1. The van der Waals surface area contributed by atoms with Crippen LogP contribution in [0.25, 0.3) is 0 Å². The first-order valence-corrected chi connectivity index (χ1v) is 9.12. The fourth-order valence-corrected chi connectivity index (χ4v) is 3.25. The van der Waals surface area contributed by atoms with Crippen LogP contribution >= 0.6 is 0 Å².